The van der Waals surface area contributed by atoms with Gasteiger partial charge in [-0.05, 0) is 61.7 Å². The summed E-state index contributed by atoms with van der Waals surface area (Å²) in [6.45, 7) is 2.15. The molecule has 2 heteroatoms. The molecule has 4 bridgehead atoms. The molecule has 0 aromatic heterocycles. The average Bonchev–Trinajstić information content (AvgIpc) is 3.03. The van der Waals surface area contributed by atoms with E-state index in [4.69, 9.17) is 4.74 Å². The molecule has 6 unspecified atom stereocenters. The lowest BCUT2D eigenvalue weighted by atomic mass is 9.63. The third-order valence-corrected chi connectivity index (χ3v) is 6.30. The summed E-state index contributed by atoms with van der Waals surface area (Å²) in [7, 11) is 1.54. The van der Waals surface area contributed by atoms with Crippen LogP contribution in [0.4, 0.5) is 0 Å². The van der Waals surface area contributed by atoms with E-state index in [-0.39, 0.29) is 11.4 Å². The molecule has 0 radical (unpaired) electrons. The molecule has 92 valence electrons. The lowest BCUT2D eigenvalue weighted by Crippen LogP contribution is -2.42. The summed E-state index contributed by atoms with van der Waals surface area (Å²) in [6.07, 6.45) is 8.57. The second-order valence-electron chi connectivity index (χ2n) is 6.82. The molecule has 3 fully saturated rings. The van der Waals surface area contributed by atoms with Crippen LogP contribution in [0.15, 0.2) is 12.2 Å². The number of fused-ring (bicyclic) bond motifs is 9. The molecular formula is C15H20O2. The van der Waals surface area contributed by atoms with Crippen LogP contribution in [0, 0.1) is 40.9 Å². The van der Waals surface area contributed by atoms with E-state index in [9.17, 15) is 4.79 Å². The molecule has 3 saturated carbocycles. The van der Waals surface area contributed by atoms with E-state index < -0.39 is 0 Å². The smallest absolute Gasteiger partial charge is 0.311 e. The monoisotopic (exact) mass is 232 g/mol. The zero-order valence-corrected chi connectivity index (χ0v) is 10.6. The zero-order chi connectivity index (χ0) is 11.8. The number of allylic oxidation sites excluding steroid dienone is 2. The fraction of sp³-hybridized carbons (Fsp3) is 0.800. The van der Waals surface area contributed by atoms with E-state index in [2.05, 4.69) is 19.1 Å². The van der Waals surface area contributed by atoms with Crippen LogP contribution < -0.4 is 0 Å². The van der Waals surface area contributed by atoms with Crippen molar-refractivity contribution in [2.24, 2.45) is 40.9 Å². The molecule has 0 aromatic carbocycles. The van der Waals surface area contributed by atoms with Gasteiger partial charge < -0.3 is 4.74 Å². The Bertz CT molecular complexity index is 413. The van der Waals surface area contributed by atoms with E-state index in [1.165, 1.54) is 20.0 Å². The first-order chi connectivity index (χ1) is 8.15. The highest BCUT2D eigenvalue weighted by Gasteiger charge is 2.66. The Morgan fingerprint density at radius 1 is 1.24 bits per heavy atom. The Morgan fingerprint density at radius 2 is 1.94 bits per heavy atom. The number of ether oxygens (including phenoxy) is 1. The molecule has 4 aliphatic rings. The van der Waals surface area contributed by atoms with Crippen molar-refractivity contribution in [3.05, 3.63) is 12.2 Å². The molecule has 0 saturated heterocycles. The van der Waals surface area contributed by atoms with Crippen molar-refractivity contribution in [1.82, 2.24) is 0 Å². The van der Waals surface area contributed by atoms with Crippen LogP contribution in [-0.4, -0.2) is 13.1 Å². The number of esters is 1. The van der Waals surface area contributed by atoms with Crippen LogP contribution in [0.2, 0.25) is 0 Å². The number of hydrogen-bond acceptors (Lipinski definition) is 2. The lowest BCUT2D eigenvalue weighted by molar-refractivity contribution is -0.157. The highest BCUT2D eigenvalue weighted by Crippen LogP contribution is 2.70. The van der Waals surface area contributed by atoms with Crippen molar-refractivity contribution in [1.29, 1.82) is 0 Å². The van der Waals surface area contributed by atoms with Gasteiger partial charge in [-0.3, -0.25) is 4.79 Å². The lowest BCUT2D eigenvalue weighted by Gasteiger charge is -2.41. The standard InChI is InChI=1S/C15H20O2/c1-15(14(16)17-2)7-10-6-11(15)13-9-4-3-8(5-9)12(10)13/h3-4,8-13H,5-7H2,1-2H3/t8?,9?,10?,11?,12-,13?,15?/m1/s1. The topological polar surface area (TPSA) is 26.3 Å². The summed E-state index contributed by atoms with van der Waals surface area (Å²) in [5.74, 6) is 4.70. The van der Waals surface area contributed by atoms with Crippen LogP contribution in [0.3, 0.4) is 0 Å². The van der Waals surface area contributed by atoms with Gasteiger partial charge in [-0.2, -0.15) is 0 Å². The van der Waals surface area contributed by atoms with Crippen molar-refractivity contribution in [3.63, 3.8) is 0 Å². The van der Waals surface area contributed by atoms with Crippen molar-refractivity contribution >= 4 is 5.97 Å². The molecule has 0 amide bonds. The quantitative estimate of drug-likeness (QED) is 0.395. The fourth-order valence-electron chi connectivity index (χ4n) is 5.84. The predicted octanol–water partition coefficient (Wildman–Crippen LogP) is 2.64. The predicted molar refractivity (Wildman–Crippen MR) is 64.1 cm³/mol. The minimum absolute atomic E-state index is 0.0372. The van der Waals surface area contributed by atoms with Gasteiger partial charge in [0.25, 0.3) is 0 Å². The normalized spacial score (nSPS) is 57.5. The van der Waals surface area contributed by atoms with E-state index in [0.717, 1.165) is 36.0 Å². The van der Waals surface area contributed by atoms with Gasteiger partial charge in [0.2, 0.25) is 0 Å². The Hall–Kier alpha value is -0.790. The minimum atomic E-state index is -0.182. The van der Waals surface area contributed by atoms with Gasteiger partial charge >= 0.3 is 5.97 Å². The maximum Gasteiger partial charge on any atom is 0.311 e. The minimum Gasteiger partial charge on any atom is -0.469 e. The summed E-state index contributed by atoms with van der Waals surface area (Å²) < 4.78 is 5.06. The molecule has 17 heavy (non-hydrogen) atoms. The number of carbonyl (C=O) groups excluding carboxylic acids is 1. The molecule has 0 aromatic rings. The van der Waals surface area contributed by atoms with E-state index in [0.29, 0.717) is 5.92 Å². The second-order valence-corrected chi connectivity index (χ2v) is 6.82. The Kier molecular flexibility index (Phi) is 1.77. The van der Waals surface area contributed by atoms with Crippen molar-refractivity contribution in [2.75, 3.05) is 7.11 Å². The average molecular weight is 232 g/mol. The third-order valence-electron chi connectivity index (χ3n) is 6.30. The molecule has 0 heterocycles. The van der Waals surface area contributed by atoms with Gasteiger partial charge in [-0.15, -0.1) is 0 Å². The zero-order valence-electron chi connectivity index (χ0n) is 10.6. The number of methoxy groups -OCH3 is 1. The van der Waals surface area contributed by atoms with Gasteiger partial charge in [-0.25, -0.2) is 0 Å². The number of hydrogen-bond donors (Lipinski definition) is 0. The van der Waals surface area contributed by atoms with Crippen molar-refractivity contribution in [2.45, 2.75) is 26.2 Å². The molecule has 4 aliphatic carbocycles. The van der Waals surface area contributed by atoms with Crippen molar-refractivity contribution in [3.8, 4) is 0 Å². The summed E-state index contributed by atoms with van der Waals surface area (Å²) in [5, 5.41) is 0. The molecule has 7 atom stereocenters. The van der Waals surface area contributed by atoms with Crippen molar-refractivity contribution < 1.29 is 9.53 Å². The fourth-order valence-corrected chi connectivity index (χ4v) is 5.84. The highest BCUT2D eigenvalue weighted by molar-refractivity contribution is 5.77. The number of carbonyl (C=O) groups is 1. The van der Waals surface area contributed by atoms with Crippen LogP contribution in [0.5, 0.6) is 0 Å². The first kappa shape index (κ1) is 10.2. The van der Waals surface area contributed by atoms with E-state index >= 15 is 0 Å². The molecule has 0 spiro atoms. The first-order valence-corrected chi connectivity index (χ1v) is 6.92. The van der Waals surface area contributed by atoms with Crippen LogP contribution in [0.25, 0.3) is 0 Å². The van der Waals surface area contributed by atoms with Crippen LogP contribution >= 0.6 is 0 Å². The van der Waals surface area contributed by atoms with E-state index in [1.807, 2.05) is 0 Å². The Labute approximate surface area is 102 Å². The Morgan fingerprint density at radius 3 is 2.65 bits per heavy atom. The van der Waals surface area contributed by atoms with Gasteiger partial charge in [0.1, 0.15) is 0 Å². The molecule has 0 N–H and O–H groups in total. The SMILES string of the molecule is COC(=O)C1(C)CC2CC1C1C3C=CC(C3)[C@H]21. The first-order valence-electron chi connectivity index (χ1n) is 6.92. The summed E-state index contributed by atoms with van der Waals surface area (Å²) in [4.78, 5) is 12.1. The van der Waals surface area contributed by atoms with Gasteiger partial charge in [0.15, 0.2) is 0 Å². The maximum atomic E-state index is 12.1. The van der Waals surface area contributed by atoms with Gasteiger partial charge in [0, 0.05) is 0 Å². The summed E-state index contributed by atoms with van der Waals surface area (Å²) in [5.41, 5.74) is -0.182. The van der Waals surface area contributed by atoms with Crippen LogP contribution in [-0.2, 0) is 9.53 Å². The molecule has 2 nitrogen and oxygen atoms in total. The van der Waals surface area contributed by atoms with Gasteiger partial charge in [-0.1, -0.05) is 12.2 Å². The maximum absolute atomic E-state index is 12.1. The van der Waals surface area contributed by atoms with Gasteiger partial charge in [0.05, 0.1) is 12.5 Å². The molecule has 0 aliphatic heterocycles. The largest absolute Gasteiger partial charge is 0.469 e. The number of rotatable bonds is 1. The Balaban J connectivity index is 1.71. The second kappa shape index (κ2) is 2.96. The van der Waals surface area contributed by atoms with Crippen LogP contribution in [0.1, 0.15) is 26.2 Å². The third kappa shape index (κ3) is 1.01. The highest BCUT2D eigenvalue weighted by atomic mass is 16.5. The molecular weight excluding hydrogens is 212 g/mol. The van der Waals surface area contributed by atoms with E-state index in [1.54, 1.807) is 0 Å². The summed E-state index contributed by atoms with van der Waals surface area (Å²) >= 11 is 0. The summed E-state index contributed by atoms with van der Waals surface area (Å²) in [6, 6.07) is 0. The molecule has 4 rings (SSSR count).